The summed E-state index contributed by atoms with van der Waals surface area (Å²) in [5, 5.41) is 6.15. The molecule has 0 radical (unpaired) electrons. The quantitative estimate of drug-likeness (QED) is 0.152. The first-order chi connectivity index (χ1) is 21.3. The van der Waals surface area contributed by atoms with Gasteiger partial charge < -0.3 is 20.7 Å². The maximum absolute atomic E-state index is 14.4. The smallest absolute Gasteiger partial charge is 0.319 e. The maximum atomic E-state index is 14.4. The van der Waals surface area contributed by atoms with Gasteiger partial charge in [0.2, 0.25) is 17.7 Å². The molecule has 1 aromatic heterocycles. The molecule has 3 aromatic rings. The molecule has 2 aromatic carbocycles. The molecule has 0 bridgehead atoms. The number of carbonyl (C=O) groups is 4. The average molecular weight is 618 g/mol. The first kappa shape index (κ1) is 32.6. The van der Waals surface area contributed by atoms with Crippen molar-refractivity contribution in [3.05, 3.63) is 93.7 Å². The number of aliphatic imine (C=N–C) groups is 1. The molecule has 1 aliphatic heterocycles. The molecule has 3 amide bonds. The number of hydrogen-bond acceptors (Lipinski definition) is 7. The molecule has 2 heterocycles. The lowest BCUT2D eigenvalue weighted by Gasteiger charge is -2.33. The van der Waals surface area contributed by atoms with E-state index in [1.165, 1.54) is 11.3 Å². The Bertz CT molecular complexity index is 1420. The summed E-state index contributed by atoms with van der Waals surface area (Å²) in [6, 6.07) is 21.5. The molecule has 44 heavy (non-hydrogen) atoms. The highest BCUT2D eigenvalue weighted by Gasteiger charge is 2.40. The molecule has 0 saturated carbocycles. The van der Waals surface area contributed by atoms with E-state index < -0.39 is 24.0 Å². The number of rotatable bonds is 13. The van der Waals surface area contributed by atoms with E-state index in [1.807, 2.05) is 66.7 Å². The van der Waals surface area contributed by atoms with Crippen LogP contribution in [0, 0.1) is 0 Å². The lowest BCUT2D eigenvalue weighted by Crippen LogP contribution is -2.55. The second-order valence-corrected chi connectivity index (χ2v) is 11.5. The van der Waals surface area contributed by atoms with E-state index in [-0.39, 0.29) is 49.7 Å². The summed E-state index contributed by atoms with van der Waals surface area (Å²) in [6.45, 7) is 4.20. The second-order valence-electron chi connectivity index (χ2n) is 10.4. The molecule has 0 aliphatic carbocycles. The third-order valence-corrected chi connectivity index (χ3v) is 8.53. The zero-order valence-corrected chi connectivity index (χ0v) is 25.8. The summed E-state index contributed by atoms with van der Waals surface area (Å²) < 4.78 is 5.14. The van der Waals surface area contributed by atoms with Crippen LogP contribution in [0.2, 0.25) is 0 Å². The fraction of sp³-hybridized carbons (Fsp3) is 0.364. The van der Waals surface area contributed by atoms with Crippen molar-refractivity contribution in [1.29, 1.82) is 0 Å². The Morgan fingerprint density at radius 3 is 2.27 bits per heavy atom. The minimum Gasteiger partial charge on any atom is -0.465 e. The van der Waals surface area contributed by atoms with Crippen LogP contribution in [0.15, 0.2) is 77.8 Å². The Morgan fingerprint density at radius 1 is 1.00 bits per heavy atom. The highest BCUT2D eigenvalue weighted by molar-refractivity contribution is 7.14. The van der Waals surface area contributed by atoms with Crippen LogP contribution in [0.4, 0.5) is 0 Å². The molecule has 4 rings (SSSR count). The van der Waals surface area contributed by atoms with Crippen LogP contribution < -0.4 is 16.4 Å². The molecule has 0 unspecified atom stereocenters. The number of carbonyl (C=O) groups excluding carboxylic acids is 4. The molecule has 232 valence electrons. The van der Waals surface area contributed by atoms with E-state index in [1.54, 1.807) is 24.8 Å². The number of likely N-dealkylation sites (tertiary alicyclic amines) is 1. The Hall–Kier alpha value is -4.35. The van der Waals surface area contributed by atoms with Gasteiger partial charge in [-0.05, 0) is 43.0 Å². The molecular formula is C33H39N5O5S. The van der Waals surface area contributed by atoms with Gasteiger partial charge in [0.05, 0.1) is 30.6 Å². The fourth-order valence-electron chi connectivity index (χ4n) is 5.30. The van der Waals surface area contributed by atoms with Gasteiger partial charge in [-0.25, -0.2) is 0 Å². The van der Waals surface area contributed by atoms with Crippen molar-refractivity contribution in [2.75, 3.05) is 19.7 Å². The predicted molar refractivity (Wildman–Crippen MR) is 170 cm³/mol. The number of thiophene rings is 1. The molecule has 1 aliphatic rings. The molecular weight excluding hydrogens is 578 g/mol. The van der Waals surface area contributed by atoms with Crippen LogP contribution in [-0.4, -0.2) is 66.2 Å². The van der Waals surface area contributed by atoms with Gasteiger partial charge in [0.25, 0.3) is 0 Å². The van der Waals surface area contributed by atoms with Crippen LogP contribution in [0.25, 0.3) is 0 Å². The van der Waals surface area contributed by atoms with Gasteiger partial charge in [-0.15, -0.1) is 11.3 Å². The zero-order valence-electron chi connectivity index (χ0n) is 25.0. The van der Waals surface area contributed by atoms with Crippen molar-refractivity contribution in [1.82, 2.24) is 15.5 Å². The molecule has 10 nitrogen and oxygen atoms in total. The third kappa shape index (κ3) is 8.39. The molecule has 4 N–H and O–H groups in total. The van der Waals surface area contributed by atoms with E-state index in [4.69, 9.17) is 10.5 Å². The van der Waals surface area contributed by atoms with E-state index in [0.29, 0.717) is 24.3 Å². The Labute approximate surface area is 261 Å². The number of ether oxygens (including phenoxy) is 1. The lowest BCUT2D eigenvalue weighted by molar-refractivity contribution is -0.143. The highest BCUT2D eigenvalue weighted by atomic mass is 32.1. The second kappa shape index (κ2) is 15.9. The topological polar surface area (TPSA) is 143 Å². The highest BCUT2D eigenvalue weighted by Crippen LogP contribution is 2.31. The minimum absolute atomic E-state index is 0.151. The monoisotopic (exact) mass is 617 g/mol. The Balaban J connectivity index is 1.54. The SMILES string of the molecule is CCOC(=O)CN[C@@H](C(=O)N1CCC[C@H]1C(=O)NCc1ccc(C(N)=NC(=O)CC)s1)C(c1ccccc1)c1ccccc1. The van der Waals surface area contributed by atoms with E-state index >= 15 is 0 Å². The van der Waals surface area contributed by atoms with Gasteiger partial charge in [0.15, 0.2) is 0 Å². The van der Waals surface area contributed by atoms with Crippen LogP contribution in [0.5, 0.6) is 0 Å². The Kier molecular flexibility index (Phi) is 11.8. The van der Waals surface area contributed by atoms with E-state index in [2.05, 4.69) is 15.6 Å². The fourth-order valence-corrected chi connectivity index (χ4v) is 6.15. The predicted octanol–water partition coefficient (Wildman–Crippen LogP) is 3.35. The Morgan fingerprint density at radius 2 is 1.66 bits per heavy atom. The van der Waals surface area contributed by atoms with E-state index in [0.717, 1.165) is 16.0 Å². The van der Waals surface area contributed by atoms with Crippen molar-refractivity contribution in [2.24, 2.45) is 10.7 Å². The van der Waals surface area contributed by atoms with Gasteiger partial charge in [-0.2, -0.15) is 4.99 Å². The first-order valence-electron chi connectivity index (χ1n) is 14.9. The van der Waals surface area contributed by atoms with Crippen molar-refractivity contribution in [3.63, 3.8) is 0 Å². The van der Waals surface area contributed by atoms with Crippen molar-refractivity contribution in [3.8, 4) is 0 Å². The van der Waals surface area contributed by atoms with Gasteiger partial charge in [-0.1, -0.05) is 67.6 Å². The standard InChI is InChI=1S/C33H39N5O5S/c1-3-27(39)37-31(34)26-18-17-24(44-26)20-36-32(41)25-16-11-19-38(25)33(42)30(35-21-28(40)43-4-2)29(22-12-7-5-8-13-22)23-14-9-6-10-15-23/h5-10,12-15,17-18,25,29-30,35H,3-4,11,16,19-21H2,1-2H3,(H,36,41)(H2,34,37,39)/t25-,30+/m0/s1. The average Bonchev–Trinajstić information content (AvgIpc) is 3.73. The summed E-state index contributed by atoms with van der Waals surface area (Å²) in [6.07, 6.45) is 1.47. The van der Waals surface area contributed by atoms with Gasteiger partial charge in [-0.3, -0.25) is 24.5 Å². The lowest BCUT2D eigenvalue weighted by atomic mass is 9.84. The number of esters is 1. The van der Waals surface area contributed by atoms with Gasteiger partial charge in [0.1, 0.15) is 11.9 Å². The van der Waals surface area contributed by atoms with Crippen molar-refractivity contribution < 1.29 is 23.9 Å². The van der Waals surface area contributed by atoms with Gasteiger partial charge in [0, 0.05) is 23.8 Å². The molecule has 0 spiro atoms. The van der Waals surface area contributed by atoms with Crippen LogP contribution >= 0.6 is 11.3 Å². The van der Waals surface area contributed by atoms with Crippen molar-refractivity contribution in [2.45, 2.75) is 57.7 Å². The molecule has 2 atom stereocenters. The number of amidine groups is 1. The summed E-state index contributed by atoms with van der Waals surface area (Å²) in [7, 11) is 0. The molecule has 1 saturated heterocycles. The van der Waals surface area contributed by atoms with Crippen LogP contribution in [0.3, 0.4) is 0 Å². The zero-order chi connectivity index (χ0) is 31.5. The largest absolute Gasteiger partial charge is 0.465 e. The van der Waals surface area contributed by atoms with Gasteiger partial charge >= 0.3 is 5.97 Å². The minimum atomic E-state index is -0.828. The summed E-state index contributed by atoms with van der Waals surface area (Å²) in [5.41, 5.74) is 7.78. The normalized spacial score (nSPS) is 15.7. The van der Waals surface area contributed by atoms with E-state index in [9.17, 15) is 19.2 Å². The van der Waals surface area contributed by atoms with Crippen molar-refractivity contribution >= 4 is 40.9 Å². The number of nitrogens with two attached hydrogens (primary N) is 1. The summed E-state index contributed by atoms with van der Waals surface area (Å²) in [4.78, 5) is 58.8. The summed E-state index contributed by atoms with van der Waals surface area (Å²) in [5.74, 6) is -1.53. The van der Waals surface area contributed by atoms with Crippen LogP contribution in [0.1, 0.15) is 59.9 Å². The molecule has 11 heteroatoms. The number of benzene rings is 2. The third-order valence-electron chi connectivity index (χ3n) is 7.43. The number of nitrogens with zero attached hydrogens (tertiary/aromatic N) is 2. The molecule has 1 fully saturated rings. The number of nitrogens with one attached hydrogen (secondary N) is 2. The number of hydrogen-bond donors (Lipinski definition) is 3. The maximum Gasteiger partial charge on any atom is 0.319 e. The van der Waals surface area contributed by atoms with Crippen LogP contribution in [-0.2, 0) is 30.5 Å². The first-order valence-corrected chi connectivity index (χ1v) is 15.7. The number of amides is 3. The summed E-state index contributed by atoms with van der Waals surface area (Å²) >= 11 is 1.35.